The number of alkyl halides is 2. The maximum absolute atomic E-state index is 11.8. The number of benzene rings is 1. The van der Waals surface area contributed by atoms with Gasteiger partial charge in [0.05, 0.1) is 17.7 Å². The number of Topliss-reactive ketones (excluding diaryl/α,β-unsaturated/α-hetero) is 1. The van der Waals surface area contributed by atoms with E-state index in [0.717, 1.165) is 0 Å². The van der Waals surface area contributed by atoms with Crippen molar-refractivity contribution in [3.63, 3.8) is 0 Å². The van der Waals surface area contributed by atoms with Gasteiger partial charge in [-0.1, -0.05) is 0 Å². The zero-order chi connectivity index (χ0) is 14.3. The highest BCUT2D eigenvalue weighted by molar-refractivity contribution is 9.10. The van der Waals surface area contributed by atoms with Crippen LogP contribution in [0.25, 0.3) is 0 Å². The average Bonchev–Trinajstić information content (AvgIpc) is 2.36. The zero-order valence-corrected chi connectivity index (χ0v) is 12.1. The summed E-state index contributed by atoms with van der Waals surface area (Å²) in [5, 5.41) is 0. The molecule has 19 heavy (non-hydrogen) atoms. The fraction of sp³-hybridized carbons (Fsp3) is 0.462. The third-order valence-corrected chi connectivity index (χ3v) is 2.89. The second-order valence-electron chi connectivity index (χ2n) is 3.72. The molecule has 0 aliphatic heterocycles. The maximum atomic E-state index is 11.8. The van der Waals surface area contributed by atoms with Crippen LogP contribution in [-0.4, -0.2) is 32.0 Å². The second kappa shape index (κ2) is 8.22. The number of hydrogen-bond acceptors (Lipinski definition) is 3. The smallest absolute Gasteiger partial charge is 0.261 e. The maximum Gasteiger partial charge on any atom is 0.261 e. The number of halogens is 3. The van der Waals surface area contributed by atoms with Gasteiger partial charge in [0, 0.05) is 12.0 Å². The van der Waals surface area contributed by atoms with Crippen LogP contribution in [0.15, 0.2) is 22.7 Å². The molecule has 3 nitrogen and oxygen atoms in total. The van der Waals surface area contributed by atoms with E-state index in [-0.39, 0.29) is 18.8 Å². The Labute approximate surface area is 119 Å². The summed E-state index contributed by atoms with van der Waals surface area (Å²) in [5.41, 5.74) is 0.496. The topological polar surface area (TPSA) is 35.5 Å². The van der Waals surface area contributed by atoms with Crippen molar-refractivity contribution < 1.29 is 23.0 Å². The molecule has 106 valence electrons. The predicted molar refractivity (Wildman–Crippen MR) is 71.1 cm³/mol. The largest absolute Gasteiger partial charge is 0.493 e. The number of ether oxygens (including phenoxy) is 2. The summed E-state index contributed by atoms with van der Waals surface area (Å²) in [6, 6.07) is 4.99. The van der Waals surface area contributed by atoms with Gasteiger partial charge in [-0.05, 0) is 41.1 Å². The van der Waals surface area contributed by atoms with Crippen LogP contribution in [0.1, 0.15) is 23.7 Å². The molecular weight excluding hydrogens is 322 g/mol. The average molecular weight is 337 g/mol. The van der Waals surface area contributed by atoms with Gasteiger partial charge in [-0.15, -0.1) is 0 Å². The minimum atomic E-state index is -2.50. The first kappa shape index (κ1) is 16.0. The van der Waals surface area contributed by atoms with Crippen LogP contribution in [-0.2, 0) is 4.74 Å². The molecule has 0 aliphatic carbocycles. The molecule has 0 aliphatic rings. The number of ketones is 1. The summed E-state index contributed by atoms with van der Waals surface area (Å²) in [7, 11) is 0. The Morgan fingerprint density at radius 1 is 1.42 bits per heavy atom. The van der Waals surface area contributed by atoms with Crippen molar-refractivity contribution in [2.45, 2.75) is 19.8 Å². The Hall–Kier alpha value is -1.01. The summed E-state index contributed by atoms with van der Waals surface area (Å²) < 4.78 is 34.3. The van der Waals surface area contributed by atoms with E-state index < -0.39 is 13.0 Å². The van der Waals surface area contributed by atoms with Crippen molar-refractivity contribution in [1.29, 1.82) is 0 Å². The van der Waals surface area contributed by atoms with Crippen molar-refractivity contribution in [3.05, 3.63) is 28.2 Å². The van der Waals surface area contributed by atoms with Crippen molar-refractivity contribution in [2.24, 2.45) is 0 Å². The van der Waals surface area contributed by atoms with E-state index >= 15 is 0 Å². The fourth-order valence-corrected chi connectivity index (χ4v) is 1.92. The summed E-state index contributed by atoms with van der Waals surface area (Å²) in [4.78, 5) is 11.8. The van der Waals surface area contributed by atoms with E-state index in [1.165, 1.54) is 0 Å². The van der Waals surface area contributed by atoms with Gasteiger partial charge < -0.3 is 9.47 Å². The van der Waals surface area contributed by atoms with Crippen LogP contribution < -0.4 is 4.74 Å². The first-order valence-electron chi connectivity index (χ1n) is 5.86. The summed E-state index contributed by atoms with van der Waals surface area (Å²) >= 11 is 3.31. The number of rotatable bonds is 8. The molecule has 0 N–H and O–H groups in total. The summed E-state index contributed by atoms with van der Waals surface area (Å²) in [6.45, 7) is 1.76. The van der Waals surface area contributed by atoms with Crippen LogP contribution in [0.4, 0.5) is 8.78 Å². The molecule has 1 rings (SSSR count). The molecule has 0 fully saturated rings. The van der Waals surface area contributed by atoms with Crippen LogP contribution >= 0.6 is 15.9 Å². The standard InChI is InChI=1S/C13H15BrF2O3/c1-2-19-12-4-3-9(7-10(12)14)11(17)5-6-18-8-13(15)16/h3-4,7,13H,2,5-6,8H2,1H3. The molecule has 0 heterocycles. The number of hydrogen-bond donors (Lipinski definition) is 0. The number of carbonyl (C=O) groups is 1. The first-order valence-corrected chi connectivity index (χ1v) is 6.65. The molecule has 0 unspecified atom stereocenters. The molecular formula is C13H15BrF2O3. The van der Waals surface area contributed by atoms with Crippen LogP contribution in [0.3, 0.4) is 0 Å². The monoisotopic (exact) mass is 336 g/mol. The Balaban J connectivity index is 2.50. The molecule has 1 aromatic carbocycles. The first-order chi connectivity index (χ1) is 9.04. The molecule has 0 atom stereocenters. The van der Waals surface area contributed by atoms with Gasteiger partial charge >= 0.3 is 0 Å². The van der Waals surface area contributed by atoms with Gasteiger partial charge in [0.25, 0.3) is 6.43 Å². The van der Waals surface area contributed by atoms with Gasteiger partial charge in [0.15, 0.2) is 5.78 Å². The van der Waals surface area contributed by atoms with Crippen molar-refractivity contribution >= 4 is 21.7 Å². The minimum absolute atomic E-state index is 0.00595. The van der Waals surface area contributed by atoms with E-state index in [1.807, 2.05) is 6.92 Å². The lowest BCUT2D eigenvalue weighted by atomic mass is 10.1. The Morgan fingerprint density at radius 2 is 2.16 bits per heavy atom. The molecule has 0 bridgehead atoms. The van der Waals surface area contributed by atoms with Crippen LogP contribution in [0.2, 0.25) is 0 Å². The van der Waals surface area contributed by atoms with Crippen molar-refractivity contribution in [1.82, 2.24) is 0 Å². The highest BCUT2D eigenvalue weighted by Gasteiger charge is 2.10. The zero-order valence-electron chi connectivity index (χ0n) is 10.5. The SMILES string of the molecule is CCOc1ccc(C(=O)CCOCC(F)F)cc1Br. The quantitative estimate of drug-likeness (QED) is 0.536. The Morgan fingerprint density at radius 3 is 2.74 bits per heavy atom. The minimum Gasteiger partial charge on any atom is -0.493 e. The molecule has 6 heteroatoms. The fourth-order valence-electron chi connectivity index (χ4n) is 1.43. The molecule has 0 amide bonds. The van der Waals surface area contributed by atoms with Gasteiger partial charge in [-0.25, -0.2) is 8.78 Å². The van der Waals surface area contributed by atoms with Crippen molar-refractivity contribution in [3.8, 4) is 5.75 Å². The predicted octanol–water partition coefficient (Wildman–Crippen LogP) is 3.70. The molecule has 0 saturated heterocycles. The molecule has 0 spiro atoms. The van der Waals surface area contributed by atoms with E-state index in [1.54, 1.807) is 18.2 Å². The normalized spacial score (nSPS) is 10.8. The third-order valence-electron chi connectivity index (χ3n) is 2.27. The van der Waals surface area contributed by atoms with Crippen LogP contribution in [0, 0.1) is 0 Å². The lowest BCUT2D eigenvalue weighted by Crippen LogP contribution is -2.09. The van der Waals surface area contributed by atoms with Gasteiger partial charge in [-0.3, -0.25) is 4.79 Å². The lowest BCUT2D eigenvalue weighted by Gasteiger charge is -2.08. The van der Waals surface area contributed by atoms with Crippen LogP contribution in [0.5, 0.6) is 5.75 Å². The van der Waals surface area contributed by atoms with Crippen molar-refractivity contribution in [2.75, 3.05) is 19.8 Å². The summed E-state index contributed by atoms with van der Waals surface area (Å²) in [5.74, 6) is 0.506. The number of carbonyl (C=O) groups excluding carboxylic acids is 1. The van der Waals surface area contributed by atoms with Gasteiger partial charge in [0.2, 0.25) is 0 Å². The van der Waals surface area contributed by atoms with Gasteiger partial charge in [0.1, 0.15) is 12.4 Å². The van der Waals surface area contributed by atoms with E-state index in [9.17, 15) is 13.6 Å². The molecule has 0 radical (unpaired) electrons. The van der Waals surface area contributed by atoms with E-state index in [4.69, 9.17) is 4.74 Å². The van der Waals surface area contributed by atoms with E-state index in [2.05, 4.69) is 20.7 Å². The third kappa shape index (κ3) is 5.65. The molecule has 1 aromatic rings. The Kier molecular flexibility index (Phi) is 6.94. The highest BCUT2D eigenvalue weighted by Crippen LogP contribution is 2.26. The molecule has 0 saturated carbocycles. The highest BCUT2D eigenvalue weighted by atomic mass is 79.9. The van der Waals surface area contributed by atoms with Gasteiger partial charge in [-0.2, -0.15) is 0 Å². The second-order valence-corrected chi connectivity index (χ2v) is 4.57. The van der Waals surface area contributed by atoms with E-state index in [0.29, 0.717) is 22.4 Å². The molecule has 0 aromatic heterocycles. The Bertz CT molecular complexity index is 424. The lowest BCUT2D eigenvalue weighted by molar-refractivity contribution is 0.0170. The summed E-state index contributed by atoms with van der Waals surface area (Å²) in [6.07, 6.45) is -2.43.